The Kier molecular flexibility index (Phi) is 1.40. The lowest BCUT2D eigenvalue weighted by Gasteiger charge is -1.96. The van der Waals surface area contributed by atoms with Crippen molar-refractivity contribution in [1.82, 2.24) is 10.2 Å². The molecule has 2 N–H and O–H groups in total. The number of anilines is 1. The molecule has 60 valence electrons. The van der Waals surface area contributed by atoms with E-state index in [1.165, 1.54) is 12.1 Å². The van der Waals surface area contributed by atoms with Crippen LogP contribution in [0, 0.1) is 5.82 Å². The van der Waals surface area contributed by atoms with Gasteiger partial charge in [-0.1, -0.05) is 0 Å². The van der Waals surface area contributed by atoms with E-state index in [2.05, 4.69) is 10.2 Å². The summed E-state index contributed by atoms with van der Waals surface area (Å²) in [5.74, 6) is 0.00278. The molecule has 1 heterocycles. The largest absolute Gasteiger partial charge is 0.382 e. The maximum Gasteiger partial charge on any atom is 0.146 e. The SMILES string of the molecule is Nc1cc2cc(F)ccc2nn1. The Bertz CT molecular complexity index is 391. The molecular formula is C8H6FN3. The van der Waals surface area contributed by atoms with Crippen LogP contribution in [-0.2, 0) is 0 Å². The Balaban J connectivity index is 2.80. The van der Waals surface area contributed by atoms with Crippen LogP contribution < -0.4 is 5.73 Å². The number of nitrogen functional groups attached to an aromatic ring is 1. The second-order valence-corrected chi connectivity index (χ2v) is 2.47. The van der Waals surface area contributed by atoms with Crippen LogP contribution in [0.4, 0.5) is 10.2 Å². The molecule has 12 heavy (non-hydrogen) atoms. The van der Waals surface area contributed by atoms with Gasteiger partial charge in [-0.2, -0.15) is 0 Å². The van der Waals surface area contributed by atoms with Gasteiger partial charge in [-0.15, -0.1) is 10.2 Å². The second-order valence-electron chi connectivity index (χ2n) is 2.47. The number of fused-ring (bicyclic) bond motifs is 1. The third-order valence-electron chi connectivity index (χ3n) is 1.57. The standard InChI is InChI=1S/C8H6FN3/c9-6-1-2-7-5(3-6)4-8(10)12-11-7/h1-4H,(H2,10,12). The quantitative estimate of drug-likeness (QED) is 0.637. The van der Waals surface area contributed by atoms with Gasteiger partial charge in [0.05, 0.1) is 5.52 Å². The van der Waals surface area contributed by atoms with Gasteiger partial charge >= 0.3 is 0 Å². The smallest absolute Gasteiger partial charge is 0.146 e. The number of nitrogens with zero attached hydrogens (tertiary/aromatic N) is 2. The summed E-state index contributed by atoms with van der Waals surface area (Å²) in [6, 6.07) is 5.87. The van der Waals surface area contributed by atoms with Crippen molar-refractivity contribution in [2.45, 2.75) is 0 Å². The summed E-state index contributed by atoms with van der Waals surface area (Å²) >= 11 is 0. The highest BCUT2D eigenvalue weighted by Gasteiger charge is 1.97. The summed E-state index contributed by atoms with van der Waals surface area (Å²) in [7, 11) is 0. The Morgan fingerprint density at radius 3 is 2.83 bits per heavy atom. The average molecular weight is 163 g/mol. The van der Waals surface area contributed by atoms with Crippen LogP contribution in [0.3, 0.4) is 0 Å². The number of rotatable bonds is 0. The molecule has 0 aliphatic carbocycles. The van der Waals surface area contributed by atoms with Crippen LogP contribution >= 0.6 is 0 Å². The maximum atomic E-state index is 12.7. The zero-order valence-electron chi connectivity index (χ0n) is 6.16. The van der Waals surface area contributed by atoms with Gasteiger partial charge in [0.15, 0.2) is 0 Å². The van der Waals surface area contributed by atoms with Crippen molar-refractivity contribution >= 4 is 16.7 Å². The van der Waals surface area contributed by atoms with E-state index in [1.54, 1.807) is 12.1 Å². The van der Waals surface area contributed by atoms with E-state index in [0.29, 0.717) is 16.7 Å². The number of hydrogen-bond donors (Lipinski definition) is 1. The van der Waals surface area contributed by atoms with Crippen LogP contribution in [0.1, 0.15) is 0 Å². The predicted molar refractivity (Wildman–Crippen MR) is 43.9 cm³/mol. The van der Waals surface area contributed by atoms with Crippen LogP contribution in [0.5, 0.6) is 0 Å². The first kappa shape index (κ1) is 6.97. The second kappa shape index (κ2) is 2.41. The summed E-state index contributed by atoms with van der Waals surface area (Å²) in [5.41, 5.74) is 6.02. The van der Waals surface area contributed by atoms with Crippen molar-refractivity contribution < 1.29 is 4.39 Å². The zero-order valence-corrected chi connectivity index (χ0v) is 6.16. The minimum Gasteiger partial charge on any atom is -0.382 e. The minimum atomic E-state index is -0.296. The normalized spacial score (nSPS) is 10.4. The molecule has 0 atom stereocenters. The van der Waals surface area contributed by atoms with Gasteiger partial charge in [0.1, 0.15) is 11.6 Å². The first-order chi connectivity index (χ1) is 5.75. The summed E-state index contributed by atoms with van der Waals surface area (Å²) < 4.78 is 12.7. The van der Waals surface area contributed by atoms with E-state index in [9.17, 15) is 4.39 Å². The Labute approximate surface area is 68.0 Å². The lowest BCUT2D eigenvalue weighted by Crippen LogP contribution is -1.92. The highest BCUT2D eigenvalue weighted by molar-refractivity contribution is 5.79. The van der Waals surface area contributed by atoms with Crippen molar-refractivity contribution in [3.05, 3.63) is 30.1 Å². The summed E-state index contributed by atoms with van der Waals surface area (Å²) in [5, 5.41) is 8.09. The van der Waals surface area contributed by atoms with E-state index < -0.39 is 0 Å². The molecular weight excluding hydrogens is 157 g/mol. The molecule has 1 aromatic heterocycles. The molecule has 0 saturated heterocycles. The topological polar surface area (TPSA) is 51.8 Å². The molecule has 1 aromatic carbocycles. The number of aromatic nitrogens is 2. The summed E-state index contributed by atoms with van der Waals surface area (Å²) in [6.45, 7) is 0. The Hall–Kier alpha value is -1.71. The Morgan fingerprint density at radius 2 is 2.00 bits per heavy atom. The maximum absolute atomic E-state index is 12.7. The van der Waals surface area contributed by atoms with Crippen molar-refractivity contribution in [3.8, 4) is 0 Å². The van der Waals surface area contributed by atoms with Gasteiger partial charge in [-0.3, -0.25) is 0 Å². The van der Waals surface area contributed by atoms with Gasteiger partial charge in [0.25, 0.3) is 0 Å². The van der Waals surface area contributed by atoms with Gasteiger partial charge in [0.2, 0.25) is 0 Å². The molecule has 0 unspecified atom stereocenters. The molecule has 0 amide bonds. The number of hydrogen-bond acceptors (Lipinski definition) is 3. The van der Waals surface area contributed by atoms with Crippen molar-refractivity contribution in [3.63, 3.8) is 0 Å². The van der Waals surface area contributed by atoms with Crippen LogP contribution in [-0.4, -0.2) is 10.2 Å². The van der Waals surface area contributed by atoms with Crippen molar-refractivity contribution in [2.75, 3.05) is 5.73 Å². The van der Waals surface area contributed by atoms with Crippen molar-refractivity contribution in [2.24, 2.45) is 0 Å². The lowest BCUT2D eigenvalue weighted by atomic mass is 10.2. The van der Waals surface area contributed by atoms with Crippen LogP contribution in [0.2, 0.25) is 0 Å². The molecule has 0 saturated carbocycles. The third kappa shape index (κ3) is 1.07. The highest BCUT2D eigenvalue weighted by Crippen LogP contribution is 2.13. The molecule has 0 bridgehead atoms. The minimum absolute atomic E-state index is 0.296. The lowest BCUT2D eigenvalue weighted by molar-refractivity contribution is 0.629. The fraction of sp³-hybridized carbons (Fsp3) is 0. The van der Waals surface area contributed by atoms with E-state index in [1.807, 2.05) is 0 Å². The van der Waals surface area contributed by atoms with E-state index in [-0.39, 0.29) is 5.82 Å². The molecule has 0 radical (unpaired) electrons. The number of benzene rings is 1. The van der Waals surface area contributed by atoms with Gasteiger partial charge in [0, 0.05) is 5.39 Å². The molecule has 0 aliphatic heterocycles. The molecule has 0 spiro atoms. The average Bonchev–Trinajstić information content (AvgIpc) is 2.03. The fourth-order valence-electron chi connectivity index (χ4n) is 1.03. The highest BCUT2D eigenvalue weighted by atomic mass is 19.1. The van der Waals surface area contributed by atoms with E-state index >= 15 is 0 Å². The number of nitrogens with two attached hydrogens (primary N) is 1. The summed E-state index contributed by atoms with van der Waals surface area (Å²) in [6.07, 6.45) is 0. The first-order valence-electron chi connectivity index (χ1n) is 3.44. The number of halogens is 1. The Morgan fingerprint density at radius 1 is 1.17 bits per heavy atom. The molecule has 2 rings (SSSR count). The van der Waals surface area contributed by atoms with E-state index in [4.69, 9.17) is 5.73 Å². The van der Waals surface area contributed by atoms with Crippen molar-refractivity contribution in [1.29, 1.82) is 0 Å². The van der Waals surface area contributed by atoms with E-state index in [0.717, 1.165) is 0 Å². The van der Waals surface area contributed by atoms with Gasteiger partial charge < -0.3 is 5.73 Å². The molecule has 0 fully saturated rings. The zero-order chi connectivity index (χ0) is 8.55. The van der Waals surface area contributed by atoms with Gasteiger partial charge in [-0.25, -0.2) is 4.39 Å². The predicted octanol–water partition coefficient (Wildman–Crippen LogP) is 1.35. The van der Waals surface area contributed by atoms with Gasteiger partial charge in [-0.05, 0) is 24.3 Å². The first-order valence-corrected chi connectivity index (χ1v) is 3.44. The van der Waals surface area contributed by atoms with Crippen LogP contribution in [0.25, 0.3) is 10.9 Å². The van der Waals surface area contributed by atoms with Crippen LogP contribution in [0.15, 0.2) is 24.3 Å². The molecule has 4 heteroatoms. The molecule has 2 aromatic rings. The molecule has 0 aliphatic rings. The summed E-state index contributed by atoms with van der Waals surface area (Å²) in [4.78, 5) is 0. The molecule has 3 nitrogen and oxygen atoms in total. The fourth-order valence-corrected chi connectivity index (χ4v) is 1.03. The third-order valence-corrected chi connectivity index (χ3v) is 1.57. The monoisotopic (exact) mass is 163 g/mol.